The van der Waals surface area contributed by atoms with Gasteiger partial charge in [0.15, 0.2) is 0 Å². The third-order valence-electron chi connectivity index (χ3n) is 3.49. The molecule has 3 nitrogen and oxygen atoms in total. The molecule has 1 N–H and O–H groups in total. The fraction of sp³-hybridized carbons (Fsp3) is 0.188. The Labute approximate surface area is 113 Å². The van der Waals surface area contributed by atoms with Gasteiger partial charge in [-0.05, 0) is 48.4 Å². The summed E-state index contributed by atoms with van der Waals surface area (Å²) in [4.78, 5) is 2.27. The lowest BCUT2D eigenvalue weighted by Gasteiger charge is -2.13. The first-order valence-corrected chi connectivity index (χ1v) is 6.37. The number of likely N-dealkylation sites (N-methyl/N-ethyl adjacent to an activating group) is 1. The number of hydrogen-bond acceptors (Lipinski definition) is 3. The lowest BCUT2D eigenvalue weighted by atomic mass is 10.1. The van der Waals surface area contributed by atoms with Gasteiger partial charge >= 0.3 is 0 Å². The number of benzene rings is 2. The molecular weight excluding hydrogens is 234 g/mol. The Morgan fingerprint density at radius 2 is 2.00 bits per heavy atom. The molecule has 19 heavy (non-hydrogen) atoms. The van der Waals surface area contributed by atoms with E-state index < -0.39 is 0 Å². The minimum Gasteiger partial charge on any atom is -0.374 e. The van der Waals surface area contributed by atoms with Crippen LogP contribution >= 0.6 is 0 Å². The predicted octanol–water partition coefficient (Wildman–Crippen LogP) is 3.29. The maximum atomic E-state index is 8.90. The second-order valence-electron chi connectivity index (χ2n) is 4.83. The number of fused-ring (bicyclic) bond motifs is 1. The Balaban J connectivity index is 1.86. The fourth-order valence-corrected chi connectivity index (χ4v) is 2.48. The van der Waals surface area contributed by atoms with E-state index in [2.05, 4.69) is 41.5 Å². The van der Waals surface area contributed by atoms with Crippen LogP contribution in [-0.4, -0.2) is 13.6 Å². The molecule has 0 unspecified atom stereocenters. The zero-order valence-corrected chi connectivity index (χ0v) is 10.9. The molecule has 0 saturated heterocycles. The number of nitriles is 1. The molecule has 1 aliphatic heterocycles. The van der Waals surface area contributed by atoms with Crippen molar-refractivity contribution >= 4 is 17.1 Å². The van der Waals surface area contributed by atoms with E-state index in [0.717, 1.165) is 24.3 Å². The highest BCUT2D eigenvalue weighted by Gasteiger charge is 2.15. The smallest absolute Gasteiger partial charge is 0.0992 e. The van der Waals surface area contributed by atoms with Gasteiger partial charge in [-0.3, -0.25) is 0 Å². The van der Waals surface area contributed by atoms with Crippen LogP contribution in [0.3, 0.4) is 0 Å². The molecule has 1 heterocycles. The first-order valence-electron chi connectivity index (χ1n) is 6.37. The standard InChI is InChI=1S/C16H15N3/c1-19-8-7-13-10-15(5-6-16(13)19)18-14-4-2-3-12(9-14)11-17/h2-6,9-10,18H,7-8H2,1H3. The SMILES string of the molecule is CN1CCc2cc(Nc3cccc(C#N)c3)ccc21. The summed E-state index contributed by atoms with van der Waals surface area (Å²) in [5.41, 5.74) is 5.39. The van der Waals surface area contributed by atoms with Crippen LogP contribution in [-0.2, 0) is 6.42 Å². The molecule has 2 aromatic rings. The van der Waals surface area contributed by atoms with Gasteiger partial charge in [-0.25, -0.2) is 0 Å². The predicted molar refractivity (Wildman–Crippen MR) is 77.9 cm³/mol. The molecule has 0 saturated carbocycles. The summed E-state index contributed by atoms with van der Waals surface area (Å²) in [7, 11) is 2.12. The third kappa shape index (κ3) is 2.25. The van der Waals surface area contributed by atoms with Crippen molar-refractivity contribution in [3.8, 4) is 6.07 Å². The first kappa shape index (κ1) is 11.6. The molecule has 3 rings (SSSR count). The van der Waals surface area contributed by atoms with Gasteiger partial charge in [-0.15, -0.1) is 0 Å². The van der Waals surface area contributed by atoms with E-state index >= 15 is 0 Å². The Hall–Kier alpha value is -2.47. The van der Waals surface area contributed by atoms with Gasteiger partial charge in [-0.2, -0.15) is 5.26 Å². The number of nitrogens with one attached hydrogen (secondary N) is 1. The Kier molecular flexibility index (Phi) is 2.85. The Morgan fingerprint density at radius 3 is 2.84 bits per heavy atom. The van der Waals surface area contributed by atoms with E-state index in [0.29, 0.717) is 5.56 Å². The highest BCUT2D eigenvalue weighted by molar-refractivity contribution is 5.68. The normalized spacial score (nSPS) is 12.9. The summed E-state index contributed by atoms with van der Waals surface area (Å²) in [5, 5.41) is 12.3. The summed E-state index contributed by atoms with van der Waals surface area (Å²) < 4.78 is 0. The summed E-state index contributed by atoms with van der Waals surface area (Å²) in [6.45, 7) is 1.09. The quantitative estimate of drug-likeness (QED) is 0.887. The second kappa shape index (κ2) is 4.66. The van der Waals surface area contributed by atoms with Crippen molar-refractivity contribution in [3.05, 3.63) is 53.6 Å². The maximum Gasteiger partial charge on any atom is 0.0992 e. The molecule has 94 valence electrons. The highest BCUT2D eigenvalue weighted by atomic mass is 15.1. The lowest BCUT2D eigenvalue weighted by Crippen LogP contribution is -2.12. The van der Waals surface area contributed by atoms with Gasteiger partial charge in [0.2, 0.25) is 0 Å². The molecule has 0 aliphatic carbocycles. The van der Waals surface area contributed by atoms with Crippen LogP contribution in [0.1, 0.15) is 11.1 Å². The zero-order valence-electron chi connectivity index (χ0n) is 10.9. The molecular formula is C16H15N3. The molecule has 0 fully saturated rings. The molecule has 0 bridgehead atoms. The summed E-state index contributed by atoms with van der Waals surface area (Å²) in [6.07, 6.45) is 1.10. The fourth-order valence-electron chi connectivity index (χ4n) is 2.48. The van der Waals surface area contributed by atoms with Crippen molar-refractivity contribution in [1.29, 1.82) is 5.26 Å². The average Bonchev–Trinajstić information content (AvgIpc) is 2.80. The van der Waals surface area contributed by atoms with Gasteiger partial charge in [0.1, 0.15) is 0 Å². The number of anilines is 3. The summed E-state index contributed by atoms with van der Waals surface area (Å²) in [6, 6.07) is 16.1. The van der Waals surface area contributed by atoms with Crippen molar-refractivity contribution in [2.24, 2.45) is 0 Å². The zero-order chi connectivity index (χ0) is 13.2. The van der Waals surface area contributed by atoms with E-state index in [9.17, 15) is 0 Å². The number of rotatable bonds is 2. The maximum absolute atomic E-state index is 8.90. The van der Waals surface area contributed by atoms with E-state index in [1.54, 1.807) is 0 Å². The lowest BCUT2D eigenvalue weighted by molar-refractivity contribution is 0.956. The van der Waals surface area contributed by atoms with Gasteiger partial charge in [-0.1, -0.05) is 6.07 Å². The van der Waals surface area contributed by atoms with Gasteiger partial charge in [0.05, 0.1) is 11.6 Å². The van der Waals surface area contributed by atoms with E-state index in [-0.39, 0.29) is 0 Å². The molecule has 0 radical (unpaired) electrons. The topological polar surface area (TPSA) is 39.1 Å². The number of hydrogen-bond donors (Lipinski definition) is 1. The minimum absolute atomic E-state index is 0.672. The van der Waals surface area contributed by atoms with Gasteiger partial charge in [0.25, 0.3) is 0 Å². The van der Waals surface area contributed by atoms with E-state index in [1.165, 1.54) is 11.3 Å². The third-order valence-corrected chi connectivity index (χ3v) is 3.49. The molecule has 0 amide bonds. The van der Waals surface area contributed by atoms with Crippen LogP contribution in [0.15, 0.2) is 42.5 Å². The highest BCUT2D eigenvalue weighted by Crippen LogP contribution is 2.30. The van der Waals surface area contributed by atoms with Crippen LogP contribution in [0.5, 0.6) is 0 Å². The molecule has 0 spiro atoms. The minimum atomic E-state index is 0.672. The van der Waals surface area contributed by atoms with Crippen LogP contribution in [0.2, 0.25) is 0 Å². The van der Waals surface area contributed by atoms with E-state index in [1.807, 2.05) is 24.3 Å². The van der Waals surface area contributed by atoms with Crippen molar-refractivity contribution < 1.29 is 0 Å². The van der Waals surface area contributed by atoms with Crippen molar-refractivity contribution in [2.75, 3.05) is 23.8 Å². The van der Waals surface area contributed by atoms with Crippen molar-refractivity contribution in [1.82, 2.24) is 0 Å². The Bertz CT molecular complexity index is 655. The van der Waals surface area contributed by atoms with Crippen molar-refractivity contribution in [3.63, 3.8) is 0 Å². The molecule has 1 aliphatic rings. The Morgan fingerprint density at radius 1 is 1.16 bits per heavy atom. The van der Waals surface area contributed by atoms with Crippen LogP contribution in [0, 0.1) is 11.3 Å². The van der Waals surface area contributed by atoms with E-state index in [4.69, 9.17) is 5.26 Å². The van der Waals surface area contributed by atoms with Crippen molar-refractivity contribution in [2.45, 2.75) is 6.42 Å². The van der Waals surface area contributed by atoms with Crippen LogP contribution in [0.25, 0.3) is 0 Å². The summed E-state index contributed by atoms with van der Waals surface area (Å²) in [5.74, 6) is 0. The molecule has 2 aromatic carbocycles. The van der Waals surface area contributed by atoms with Gasteiger partial charge in [0, 0.05) is 30.7 Å². The molecule has 0 aromatic heterocycles. The average molecular weight is 249 g/mol. The second-order valence-corrected chi connectivity index (χ2v) is 4.83. The largest absolute Gasteiger partial charge is 0.374 e. The van der Waals surface area contributed by atoms with Gasteiger partial charge < -0.3 is 10.2 Å². The molecule has 0 atom stereocenters. The van der Waals surface area contributed by atoms with Crippen LogP contribution in [0.4, 0.5) is 17.1 Å². The number of nitrogens with zero attached hydrogens (tertiary/aromatic N) is 2. The monoisotopic (exact) mass is 249 g/mol. The van der Waals surface area contributed by atoms with Crippen LogP contribution < -0.4 is 10.2 Å². The first-order chi connectivity index (χ1) is 9.26. The summed E-state index contributed by atoms with van der Waals surface area (Å²) >= 11 is 0. The molecule has 3 heteroatoms.